The quantitative estimate of drug-likeness (QED) is 0.820. The van der Waals surface area contributed by atoms with Crippen LogP contribution in [0.4, 0.5) is 16.3 Å². The molecule has 1 aromatic rings. The van der Waals surface area contributed by atoms with Crippen molar-refractivity contribution in [2.45, 2.75) is 19.4 Å². The molecule has 7 heteroatoms. The van der Waals surface area contributed by atoms with E-state index in [9.17, 15) is 9.59 Å². The maximum absolute atomic E-state index is 11.8. The number of pyridine rings is 1. The number of hydrogen-bond donors (Lipinski definition) is 2. The average molecular weight is 289 g/mol. The van der Waals surface area contributed by atoms with Crippen LogP contribution in [-0.2, 0) is 4.79 Å². The van der Waals surface area contributed by atoms with Gasteiger partial charge in [0.1, 0.15) is 5.82 Å². The Labute approximate surface area is 123 Å². The maximum Gasteiger partial charge on any atom is 0.328 e. The lowest BCUT2D eigenvalue weighted by Crippen LogP contribution is -2.50. The molecule has 0 unspecified atom stereocenters. The van der Waals surface area contributed by atoms with E-state index in [-0.39, 0.29) is 11.9 Å². The van der Waals surface area contributed by atoms with Crippen LogP contribution < -0.4 is 20.4 Å². The number of urea groups is 1. The summed E-state index contributed by atoms with van der Waals surface area (Å²) in [6.07, 6.45) is 2.02. The molecule has 21 heavy (non-hydrogen) atoms. The van der Waals surface area contributed by atoms with Gasteiger partial charge in [0.25, 0.3) is 0 Å². The van der Waals surface area contributed by atoms with Gasteiger partial charge in [0.05, 0.1) is 11.9 Å². The van der Waals surface area contributed by atoms with Crippen molar-refractivity contribution >= 4 is 23.4 Å². The molecule has 1 aromatic heterocycles. The van der Waals surface area contributed by atoms with E-state index in [4.69, 9.17) is 0 Å². The molecule has 0 aromatic carbocycles. The van der Waals surface area contributed by atoms with Crippen molar-refractivity contribution in [1.29, 1.82) is 0 Å². The van der Waals surface area contributed by atoms with Gasteiger partial charge in [-0.15, -0.1) is 0 Å². The van der Waals surface area contributed by atoms with Crippen molar-refractivity contribution in [2.75, 3.05) is 36.0 Å². The van der Waals surface area contributed by atoms with Gasteiger partial charge >= 0.3 is 6.03 Å². The van der Waals surface area contributed by atoms with E-state index >= 15 is 0 Å². The van der Waals surface area contributed by atoms with Crippen molar-refractivity contribution in [3.63, 3.8) is 0 Å². The standard InChI is InChI=1S/C14H19N5O2/c1-10-8-15-5-7-18(10)12-3-2-11(9-16-12)19-6-4-13(20)17-14(19)21/h2-3,9-10,15H,4-8H2,1H3,(H,17,20,21)/t10-/m0/s1. The van der Waals surface area contributed by atoms with Gasteiger partial charge in [-0.25, -0.2) is 9.78 Å². The van der Waals surface area contributed by atoms with Crippen LogP contribution in [0.3, 0.4) is 0 Å². The lowest BCUT2D eigenvalue weighted by molar-refractivity contribution is -0.120. The topological polar surface area (TPSA) is 77.6 Å². The minimum Gasteiger partial charge on any atom is -0.351 e. The fraction of sp³-hybridized carbons (Fsp3) is 0.500. The van der Waals surface area contributed by atoms with Crippen molar-refractivity contribution in [3.8, 4) is 0 Å². The highest BCUT2D eigenvalue weighted by atomic mass is 16.2. The molecule has 3 heterocycles. The van der Waals surface area contributed by atoms with Gasteiger partial charge in [-0.3, -0.25) is 15.0 Å². The molecule has 2 fully saturated rings. The Morgan fingerprint density at radius 3 is 2.81 bits per heavy atom. The largest absolute Gasteiger partial charge is 0.351 e. The minimum atomic E-state index is -0.378. The molecule has 2 N–H and O–H groups in total. The third kappa shape index (κ3) is 2.82. The first-order chi connectivity index (χ1) is 10.1. The summed E-state index contributed by atoms with van der Waals surface area (Å²) >= 11 is 0. The third-order valence-corrected chi connectivity index (χ3v) is 3.89. The summed E-state index contributed by atoms with van der Waals surface area (Å²) in [4.78, 5) is 31.2. The molecule has 0 spiro atoms. The Kier molecular flexibility index (Phi) is 3.74. The molecule has 2 aliphatic heterocycles. The van der Waals surface area contributed by atoms with Crippen molar-refractivity contribution < 1.29 is 9.59 Å². The number of amides is 3. The summed E-state index contributed by atoms with van der Waals surface area (Å²) in [5.41, 5.74) is 0.714. The summed E-state index contributed by atoms with van der Waals surface area (Å²) in [6, 6.07) is 3.83. The van der Waals surface area contributed by atoms with Gasteiger partial charge in [0.2, 0.25) is 5.91 Å². The first-order valence-electron chi connectivity index (χ1n) is 7.20. The molecule has 1 atom stereocenters. The normalized spacial score (nSPS) is 23.2. The average Bonchev–Trinajstić information content (AvgIpc) is 2.48. The second-order valence-corrected chi connectivity index (χ2v) is 5.38. The van der Waals surface area contributed by atoms with Crippen LogP contribution in [0.25, 0.3) is 0 Å². The predicted molar refractivity (Wildman–Crippen MR) is 79.4 cm³/mol. The Hall–Kier alpha value is -2.15. The van der Waals surface area contributed by atoms with Crippen LogP contribution >= 0.6 is 0 Å². The molecule has 0 aliphatic carbocycles. The summed E-state index contributed by atoms with van der Waals surface area (Å²) in [5.74, 6) is 0.691. The lowest BCUT2D eigenvalue weighted by Gasteiger charge is -2.35. The van der Waals surface area contributed by atoms with E-state index in [0.29, 0.717) is 24.7 Å². The van der Waals surface area contributed by atoms with Gasteiger partial charge in [0.15, 0.2) is 0 Å². The summed E-state index contributed by atoms with van der Waals surface area (Å²) in [6.45, 7) is 5.37. The van der Waals surface area contributed by atoms with Gasteiger partial charge in [-0.2, -0.15) is 0 Å². The smallest absolute Gasteiger partial charge is 0.328 e. The number of anilines is 2. The number of imide groups is 1. The maximum atomic E-state index is 11.8. The zero-order valence-corrected chi connectivity index (χ0v) is 12.0. The fourth-order valence-electron chi connectivity index (χ4n) is 2.70. The molecule has 2 aliphatic rings. The van der Waals surface area contributed by atoms with Gasteiger partial charge < -0.3 is 10.2 Å². The summed E-state index contributed by atoms with van der Waals surface area (Å²) < 4.78 is 0. The molecule has 2 saturated heterocycles. The number of nitrogens with zero attached hydrogens (tertiary/aromatic N) is 3. The number of carbonyl (C=O) groups is 2. The molecular weight excluding hydrogens is 270 g/mol. The minimum absolute atomic E-state index is 0.226. The number of piperazine rings is 1. The van der Waals surface area contributed by atoms with E-state index in [0.717, 1.165) is 25.5 Å². The van der Waals surface area contributed by atoms with Crippen LogP contribution in [0, 0.1) is 0 Å². The first-order valence-corrected chi connectivity index (χ1v) is 7.20. The van der Waals surface area contributed by atoms with Crippen LogP contribution in [0.2, 0.25) is 0 Å². The second kappa shape index (κ2) is 5.69. The van der Waals surface area contributed by atoms with E-state index < -0.39 is 0 Å². The molecule has 7 nitrogen and oxygen atoms in total. The molecule has 0 radical (unpaired) electrons. The number of hydrogen-bond acceptors (Lipinski definition) is 5. The SMILES string of the molecule is C[C@H]1CNCCN1c1ccc(N2CCC(=O)NC2=O)cn1. The molecule has 0 bridgehead atoms. The fourth-order valence-corrected chi connectivity index (χ4v) is 2.70. The van der Waals surface area contributed by atoms with Crippen LogP contribution in [0.5, 0.6) is 0 Å². The van der Waals surface area contributed by atoms with E-state index in [2.05, 4.69) is 27.4 Å². The monoisotopic (exact) mass is 289 g/mol. The van der Waals surface area contributed by atoms with E-state index in [1.807, 2.05) is 12.1 Å². The lowest BCUT2D eigenvalue weighted by atomic mass is 10.2. The number of carbonyl (C=O) groups excluding carboxylic acids is 2. The summed E-state index contributed by atoms with van der Waals surface area (Å²) in [5, 5.41) is 5.66. The van der Waals surface area contributed by atoms with Crippen LogP contribution in [0.1, 0.15) is 13.3 Å². The van der Waals surface area contributed by atoms with Crippen molar-refractivity contribution in [3.05, 3.63) is 18.3 Å². The Bertz CT molecular complexity index is 545. The van der Waals surface area contributed by atoms with Crippen molar-refractivity contribution in [2.24, 2.45) is 0 Å². The molecular formula is C14H19N5O2. The van der Waals surface area contributed by atoms with Crippen molar-refractivity contribution in [1.82, 2.24) is 15.6 Å². The van der Waals surface area contributed by atoms with Gasteiger partial charge in [0, 0.05) is 38.6 Å². The van der Waals surface area contributed by atoms with Crippen LogP contribution in [-0.4, -0.2) is 49.1 Å². The summed E-state index contributed by atoms with van der Waals surface area (Å²) in [7, 11) is 0. The number of rotatable bonds is 2. The Balaban J connectivity index is 1.74. The van der Waals surface area contributed by atoms with E-state index in [1.54, 1.807) is 11.1 Å². The van der Waals surface area contributed by atoms with Gasteiger partial charge in [-0.1, -0.05) is 0 Å². The second-order valence-electron chi connectivity index (χ2n) is 5.38. The number of nitrogens with one attached hydrogen (secondary N) is 2. The third-order valence-electron chi connectivity index (χ3n) is 3.89. The molecule has 0 saturated carbocycles. The van der Waals surface area contributed by atoms with Gasteiger partial charge in [-0.05, 0) is 19.1 Å². The first kappa shape index (κ1) is 13.8. The predicted octanol–water partition coefficient (Wildman–Crippen LogP) is 0.326. The Morgan fingerprint density at radius 1 is 1.29 bits per heavy atom. The molecule has 3 amide bonds. The molecule has 112 valence electrons. The van der Waals surface area contributed by atoms with E-state index in [1.165, 1.54) is 0 Å². The zero-order chi connectivity index (χ0) is 14.8. The Morgan fingerprint density at radius 2 is 2.14 bits per heavy atom. The number of aromatic nitrogens is 1. The zero-order valence-electron chi connectivity index (χ0n) is 12.0. The highest BCUT2D eigenvalue weighted by Gasteiger charge is 2.25. The highest BCUT2D eigenvalue weighted by Crippen LogP contribution is 2.21. The van der Waals surface area contributed by atoms with Crippen LogP contribution in [0.15, 0.2) is 18.3 Å². The highest BCUT2D eigenvalue weighted by molar-refractivity contribution is 6.05. The molecule has 3 rings (SSSR count).